The van der Waals surface area contributed by atoms with Crippen LogP contribution in [-0.4, -0.2) is 90.6 Å². The standard InChI is InChI=1S/C21H37N5O9P2S/c1-14(2)26(15(3)4)36(33-13-11-22-5)35-18-17(30-7)20(25-12-10-16(27)23-21(25)28)34-19(18)24(6)38-37(29,31-8)32-9/h10,12,14-15,17-20H,11,13H2,1-4,6-9H3,(H,23,27,28)/t17?,18?,19-,20+,36?/m0/s1. The van der Waals surface area contributed by atoms with E-state index in [0.29, 0.717) is 0 Å². The molecule has 0 aliphatic carbocycles. The molecule has 1 saturated heterocycles. The Labute approximate surface area is 228 Å². The highest BCUT2D eigenvalue weighted by Crippen LogP contribution is 2.62. The molecule has 1 aromatic heterocycles. The van der Waals surface area contributed by atoms with Gasteiger partial charge in [-0.25, -0.2) is 24.9 Å². The van der Waals surface area contributed by atoms with Crippen molar-refractivity contribution >= 4 is 26.9 Å². The van der Waals surface area contributed by atoms with Crippen LogP contribution in [0, 0.1) is 6.57 Å². The Hall–Kier alpha value is -1.14. The van der Waals surface area contributed by atoms with E-state index in [2.05, 4.69) is 9.83 Å². The lowest BCUT2D eigenvalue weighted by Crippen LogP contribution is -2.43. The smallest absolute Gasteiger partial charge is 0.374 e. The quantitative estimate of drug-likeness (QED) is 0.138. The zero-order valence-electron chi connectivity index (χ0n) is 22.8. The number of aromatic nitrogens is 2. The van der Waals surface area contributed by atoms with Gasteiger partial charge < -0.3 is 32.4 Å². The highest BCUT2D eigenvalue weighted by Gasteiger charge is 2.52. The van der Waals surface area contributed by atoms with Crippen molar-refractivity contribution in [3.8, 4) is 0 Å². The SMILES string of the molecule is [C-]#[N+]CCOP(OC1C(OC)[C@H](n2ccc(=O)[nH]c2=O)O[C@@H]1N(C)SP(=O)(OC)OC)N(C(C)C)C(C)C. The van der Waals surface area contributed by atoms with Crippen molar-refractivity contribution in [2.45, 2.75) is 64.4 Å². The molecule has 0 radical (unpaired) electrons. The van der Waals surface area contributed by atoms with Crippen LogP contribution in [0.15, 0.2) is 21.9 Å². The van der Waals surface area contributed by atoms with E-state index in [1.54, 1.807) is 7.05 Å². The van der Waals surface area contributed by atoms with E-state index >= 15 is 0 Å². The molecule has 5 atom stereocenters. The number of hydrogen-bond donors (Lipinski definition) is 1. The summed E-state index contributed by atoms with van der Waals surface area (Å²) in [6.45, 7) is 11.9. The summed E-state index contributed by atoms with van der Waals surface area (Å²) in [5, 5.41) is 0. The van der Waals surface area contributed by atoms with E-state index in [1.807, 2.05) is 32.4 Å². The molecule has 0 saturated carbocycles. The lowest BCUT2D eigenvalue weighted by atomic mass is 10.2. The molecule has 38 heavy (non-hydrogen) atoms. The Morgan fingerprint density at radius 3 is 2.34 bits per heavy atom. The van der Waals surface area contributed by atoms with Crippen LogP contribution < -0.4 is 11.2 Å². The molecular weight excluding hydrogens is 560 g/mol. The maximum Gasteiger partial charge on any atom is 0.403 e. The first kappa shape index (κ1) is 33.1. The van der Waals surface area contributed by atoms with Gasteiger partial charge in [0.25, 0.3) is 14.1 Å². The minimum absolute atomic E-state index is 0.0303. The molecule has 0 aromatic carbocycles. The summed E-state index contributed by atoms with van der Waals surface area (Å²) in [5.74, 6) is 0. The first-order chi connectivity index (χ1) is 17.9. The van der Waals surface area contributed by atoms with Crippen molar-refractivity contribution in [2.24, 2.45) is 0 Å². The van der Waals surface area contributed by atoms with Crippen molar-refractivity contribution in [3.05, 3.63) is 44.5 Å². The van der Waals surface area contributed by atoms with Crippen LogP contribution in [0.1, 0.15) is 33.9 Å². The lowest BCUT2D eigenvalue weighted by Gasteiger charge is -2.38. The van der Waals surface area contributed by atoms with Crippen molar-refractivity contribution < 1.29 is 32.1 Å². The molecule has 0 spiro atoms. The Balaban J connectivity index is 2.55. The molecule has 1 aliphatic heterocycles. The minimum Gasteiger partial charge on any atom is -0.374 e. The predicted molar refractivity (Wildman–Crippen MR) is 144 cm³/mol. The summed E-state index contributed by atoms with van der Waals surface area (Å²) in [6.07, 6.45) is -2.36. The van der Waals surface area contributed by atoms with Gasteiger partial charge in [0.05, 0.1) is 0 Å². The number of methoxy groups -OCH3 is 1. The van der Waals surface area contributed by atoms with Gasteiger partial charge >= 0.3 is 12.5 Å². The minimum atomic E-state index is -3.58. The van der Waals surface area contributed by atoms with E-state index in [4.69, 9.17) is 34.1 Å². The van der Waals surface area contributed by atoms with Crippen LogP contribution in [0.2, 0.25) is 0 Å². The van der Waals surface area contributed by atoms with Crippen LogP contribution in [0.4, 0.5) is 0 Å². The van der Waals surface area contributed by atoms with Gasteiger partial charge in [-0.1, -0.05) is 0 Å². The first-order valence-electron chi connectivity index (χ1n) is 11.8. The Morgan fingerprint density at radius 2 is 1.84 bits per heavy atom. The van der Waals surface area contributed by atoms with Gasteiger partial charge in [-0.05, 0) is 27.7 Å². The van der Waals surface area contributed by atoms with Crippen LogP contribution in [0.25, 0.3) is 4.85 Å². The van der Waals surface area contributed by atoms with Crippen molar-refractivity contribution in [1.82, 2.24) is 18.5 Å². The number of H-pyrrole nitrogens is 1. The number of hydrogen-bond acceptors (Lipinski definition) is 12. The second-order valence-corrected chi connectivity index (χ2v) is 14.3. The van der Waals surface area contributed by atoms with Crippen LogP contribution in [-0.2, 0) is 32.1 Å². The van der Waals surface area contributed by atoms with E-state index in [1.165, 1.54) is 42.5 Å². The summed E-state index contributed by atoms with van der Waals surface area (Å²) < 4.78 is 52.5. The summed E-state index contributed by atoms with van der Waals surface area (Å²) in [7, 11) is 3.87. The average Bonchev–Trinajstić information content (AvgIpc) is 3.21. The third-order valence-electron chi connectivity index (χ3n) is 5.46. The van der Waals surface area contributed by atoms with Gasteiger partial charge in [-0.15, -0.1) is 0 Å². The fraction of sp³-hybridized carbons (Fsp3) is 0.762. The highest BCUT2D eigenvalue weighted by atomic mass is 32.7. The molecule has 0 amide bonds. The normalized spacial score (nSPS) is 23.0. The number of nitrogens with one attached hydrogen (secondary N) is 1. The molecule has 14 nitrogen and oxygen atoms in total. The molecule has 216 valence electrons. The van der Waals surface area contributed by atoms with E-state index in [0.717, 1.165) is 11.6 Å². The molecule has 1 aromatic rings. The molecule has 2 rings (SSSR count). The maximum absolute atomic E-state index is 12.9. The number of nitrogens with zero attached hydrogens (tertiary/aromatic N) is 4. The lowest BCUT2D eigenvalue weighted by molar-refractivity contribution is -0.0742. The topological polar surface area (TPSA) is 138 Å². The summed E-state index contributed by atoms with van der Waals surface area (Å²) in [4.78, 5) is 29.9. The molecular formula is C21H37N5O9P2S. The number of rotatable bonds is 15. The Morgan fingerprint density at radius 1 is 1.21 bits per heavy atom. The van der Waals surface area contributed by atoms with Crippen LogP contribution >= 0.6 is 26.9 Å². The second kappa shape index (κ2) is 15.0. The fourth-order valence-corrected chi connectivity index (χ4v) is 8.08. The number of likely N-dealkylation sites (N-methyl/N-ethyl adjacent to an activating group) is 1. The second-order valence-electron chi connectivity index (χ2n) is 8.67. The van der Waals surface area contributed by atoms with E-state index in [9.17, 15) is 14.2 Å². The van der Waals surface area contributed by atoms with Gasteiger partial charge in [-0.2, -0.15) is 0 Å². The molecule has 17 heteroatoms. The average molecular weight is 598 g/mol. The number of aromatic amines is 1. The highest BCUT2D eigenvalue weighted by molar-refractivity contribution is 8.53. The van der Waals surface area contributed by atoms with Gasteiger partial charge in [-0.3, -0.25) is 14.3 Å². The maximum atomic E-state index is 12.9. The Bertz CT molecular complexity index is 1080. The first-order valence-corrected chi connectivity index (χ1v) is 15.8. The predicted octanol–water partition coefficient (Wildman–Crippen LogP) is 3.05. The van der Waals surface area contributed by atoms with Gasteiger partial charge in [0, 0.05) is 64.3 Å². The third-order valence-corrected chi connectivity index (χ3v) is 11.4. The van der Waals surface area contributed by atoms with Gasteiger partial charge in [0.1, 0.15) is 18.8 Å². The van der Waals surface area contributed by atoms with Crippen molar-refractivity contribution in [3.63, 3.8) is 0 Å². The zero-order valence-corrected chi connectivity index (χ0v) is 25.4. The van der Waals surface area contributed by atoms with Crippen molar-refractivity contribution in [1.29, 1.82) is 0 Å². The molecule has 2 heterocycles. The molecule has 1 N–H and O–H groups in total. The molecule has 3 unspecified atom stereocenters. The summed E-state index contributed by atoms with van der Waals surface area (Å²) in [6, 6.07) is 1.26. The molecule has 0 bridgehead atoms. The van der Waals surface area contributed by atoms with E-state index < -0.39 is 51.2 Å². The fourth-order valence-electron chi connectivity index (χ4n) is 3.87. The van der Waals surface area contributed by atoms with Crippen LogP contribution in [0.3, 0.4) is 0 Å². The van der Waals surface area contributed by atoms with Crippen molar-refractivity contribution in [2.75, 3.05) is 41.5 Å². The Kier molecular flexibility index (Phi) is 13.1. The summed E-state index contributed by atoms with van der Waals surface area (Å²) >= 11 is 0.786. The van der Waals surface area contributed by atoms with E-state index in [-0.39, 0.29) is 25.2 Å². The molecule has 1 fully saturated rings. The third kappa shape index (κ3) is 8.19. The van der Waals surface area contributed by atoms with Gasteiger partial charge in [0.2, 0.25) is 6.54 Å². The number of ether oxygens (including phenoxy) is 2. The monoisotopic (exact) mass is 597 g/mol. The van der Waals surface area contributed by atoms with Crippen LogP contribution in [0.5, 0.6) is 0 Å². The zero-order chi connectivity index (χ0) is 28.6. The van der Waals surface area contributed by atoms with Gasteiger partial charge in [0.15, 0.2) is 12.5 Å². The largest absolute Gasteiger partial charge is 0.403 e. The summed E-state index contributed by atoms with van der Waals surface area (Å²) in [5.41, 5.74) is -1.25. The molecule has 1 aliphatic rings.